The average Bonchev–Trinajstić information content (AvgIpc) is 2.69. The number of aromatic nitrogens is 1. The minimum absolute atomic E-state index is 0.176. The Morgan fingerprint density at radius 1 is 0.967 bits per heavy atom. The molecule has 2 N–H and O–H groups in total. The van der Waals surface area contributed by atoms with E-state index in [0.29, 0.717) is 23.9 Å². The highest BCUT2D eigenvalue weighted by Crippen LogP contribution is 2.29. The number of fused-ring (bicyclic) bond motifs is 1. The van der Waals surface area contributed by atoms with Gasteiger partial charge in [-0.2, -0.15) is 0 Å². The molecule has 30 heavy (non-hydrogen) atoms. The fourth-order valence-electron chi connectivity index (χ4n) is 3.80. The van der Waals surface area contributed by atoms with Gasteiger partial charge in [0.05, 0.1) is 5.52 Å². The molecular weight excluding hydrogens is 432 g/mol. The number of hydrogen-bond acceptors (Lipinski definition) is 4. The van der Waals surface area contributed by atoms with Gasteiger partial charge in [0.2, 0.25) is 10.0 Å². The molecule has 5 nitrogen and oxygen atoms in total. The Morgan fingerprint density at radius 2 is 1.70 bits per heavy atom. The monoisotopic (exact) mass is 451 g/mol. The van der Waals surface area contributed by atoms with Gasteiger partial charge < -0.3 is 5.32 Å². The number of halogens is 3. The zero-order chi connectivity index (χ0) is 21.3. The van der Waals surface area contributed by atoms with E-state index in [0.717, 1.165) is 41.6 Å². The summed E-state index contributed by atoms with van der Waals surface area (Å²) in [6.45, 7) is 0. The highest BCUT2D eigenvalue weighted by molar-refractivity contribution is 7.89. The van der Waals surface area contributed by atoms with Crippen molar-refractivity contribution in [1.29, 1.82) is 0 Å². The average molecular weight is 452 g/mol. The lowest BCUT2D eigenvalue weighted by atomic mass is 9.91. The van der Waals surface area contributed by atoms with Crippen molar-refractivity contribution in [3.8, 4) is 0 Å². The summed E-state index contributed by atoms with van der Waals surface area (Å²) in [5, 5.41) is 5.10. The summed E-state index contributed by atoms with van der Waals surface area (Å²) >= 11 is 6.03. The molecule has 1 fully saturated rings. The molecule has 1 aliphatic rings. The van der Waals surface area contributed by atoms with Crippen LogP contribution in [0.5, 0.6) is 0 Å². The van der Waals surface area contributed by atoms with Crippen LogP contribution in [0.15, 0.2) is 53.6 Å². The van der Waals surface area contributed by atoms with E-state index in [1.165, 1.54) is 0 Å². The second kappa shape index (κ2) is 8.45. The zero-order valence-electron chi connectivity index (χ0n) is 15.9. The second-order valence-corrected chi connectivity index (χ2v) is 9.53. The highest BCUT2D eigenvalue weighted by atomic mass is 35.5. The molecule has 0 spiro atoms. The Morgan fingerprint density at radius 3 is 2.43 bits per heavy atom. The Labute approximate surface area is 178 Å². The van der Waals surface area contributed by atoms with Crippen molar-refractivity contribution in [2.24, 2.45) is 0 Å². The summed E-state index contributed by atoms with van der Waals surface area (Å²) in [4.78, 5) is 3.80. The van der Waals surface area contributed by atoms with Crippen LogP contribution in [-0.2, 0) is 10.0 Å². The molecule has 0 unspecified atom stereocenters. The molecule has 0 aliphatic heterocycles. The van der Waals surface area contributed by atoms with Gasteiger partial charge in [0.25, 0.3) is 0 Å². The smallest absolute Gasteiger partial charge is 0.243 e. The molecule has 158 valence electrons. The third-order valence-electron chi connectivity index (χ3n) is 5.30. The van der Waals surface area contributed by atoms with Crippen LogP contribution >= 0.6 is 11.6 Å². The van der Waals surface area contributed by atoms with Crippen LogP contribution in [0, 0.1) is 11.6 Å². The number of nitrogens with one attached hydrogen (secondary N) is 2. The standard InChI is InChI=1S/C21H20ClF2N3O2S/c22-13-1-7-17-19(9-10-25-20(17)11-13)26-15-3-5-16(6-4-15)27-30(28,29)21-8-2-14(23)12-18(21)24/h1-2,7-12,15-16,27H,3-6H2,(H,25,26). The van der Waals surface area contributed by atoms with Gasteiger partial charge in [-0.15, -0.1) is 0 Å². The van der Waals surface area contributed by atoms with Gasteiger partial charge in [-0.3, -0.25) is 4.98 Å². The number of benzene rings is 2. The van der Waals surface area contributed by atoms with Gasteiger partial charge in [0.1, 0.15) is 16.5 Å². The number of hydrogen-bond donors (Lipinski definition) is 2. The number of nitrogens with zero attached hydrogens (tertiary/aromatic N) is 1. The summed E-state index contributed by atoms with van der Waals surface area (Å²) in [6.07, 6.45) is 4.42. The van der Waals surface area contributed by atoms with Crippen molar-refractivity contribution in [3.05, 3.63) is 65.3 Å². The first-order chi connectivity index (χ1) is 14.3. The van der Waals surface area contributed by atoms with E-state index in [9.17, 15) is 17.2 Å². The van der Waals surface area contributed by atoms with E-state index in [2.05, 4.69) is 15.0 Å². The quantitative estimate of drug-likeness (QED) is 0.580. The maximum Gasteiger partial charge on any atom is 0.243 e. The summed E-state index contributed by atoms with van der Waals surface area (Å²) < 4.78 is 54.4. The minimum Gasteiger partial charge on any atom is -0.382 e. The van der Waals surface area contributed by atoms with Gasteiger partial charge in [0.15, 0.2) is 0 Å². The number of anilines is 1. The molecule has 9 heteroatoms. The fourth-order valence-corrected chi connectivity index (χ4v) is 5.33. The van der Waals surface area contributed by atoms with Gasteiger partial charge >= 0.3 is 0 Å². The van der Waals surface area contributed by atoms with Gasteiger partial charge in [0, 0.05) is 40.4 Å². The van der Waals surface area contributed by atoms with Crippen molar-refractivity contribution in [3.63, 3.8) is 0 Å². The van der Waals surface area contributed by atoms with Crippen molar-refractivity contribution >= 4 is 38.2 Å². The molecule has 0 radical (unpaired) electrons. The Bertz CT molecular complexity index is 1180. The first-order valence-corrected chi connectivity index (χ1v) is 11.5. The first-order valence-electron chi connectivity index (χ1n) is 9.60. The first kappa shape index (κ1) is 21.0. The molecule has 3 aromatic rings. The lowest BCUT2D eigenvalue weighted by molar-refractivity contribution is 0.387. The van der Waals surface area contributed by atoms with E-state index in [4.69, 9.17) is 11.6 Å². The number of rotatable bonds is 5. The second-order valence-electron chi connectivity index (χ2n) is 7.41. The van der Waals surface area contributed by atoms with Gasteiger partial charge in [-0.25, -0.2) is 21.9 Å². The topological polar surface area (TPSA) is 71.1 Å². The predicted molar refractivity (Wildman–Crippen MR) is 113 cm³/mol. The predicted octanol–water partition coefficient (Wildman–Crippen LogP) is 4.87. The minimum atomic E-state index is -4.05. The van der Waals surface area contributed by atoms with Crippen LogP contribution in [-0.4, -0.2) is 25.5 Å². The number of pyridine rings is 1. The summed E-state index contributed by atoms with van der Waals surface area (Å²) in [6, 6.07) is 9.78. The third kappa shape index (κ3) is 4.55. The van der Waals surface area contributed by atoms with E-state index >= 15 is 0 Å². The van der Waals surface area contributed by atoms with Crippen LogP contribution in [0.2, 0.25) is 5.02 Å². The van der Waals surface area contributed by atoms with E-state index in [-0.39, 0.29) is 12.1 Å². The van der Waals surface area contributed by atoms with Crippen molar-refractivity contribution < 1.29 is 17.2 Å². The zero-order valence-corrected chi connectivity index (χ0v) is 17.5. The molecule has 1 saturated carbocycles. The van der Waals surface area contributed by atoms with Crippen LogP contribution in [0.1, 0.15) is 25.7 Å². The molecule has 0 amide bonds. The lowest BCUT2D eigenvalue weighted by Crippen LogP contribution is -2.40. The van der Waals surface area contributed by atoms with Crippen LogP contribution in [0.4, 0.5) is 14.5 Å². The van der Waals surface area contributed by atoms with E-state index in [1.54, 1.807) is 6.20 Å². The third-order valence-corrected chi connectivity index (χ3v) is 7.09. The van der Waals surface area contributed by atoms with Gasteiger partial charge in [-0.05, 0) is 62.1 Å². The largest absolute Gasteiger partial charge is 0.382 e. The fraction of sp³-hybridized carbons (Fsp3) is 0.286. The Kier molecular flexibility index (Phi) is 5.90. The lowest BCUT2D eigenvalue weighted by Gasteiger charge is -2.30. The molecule has 4 rings (SSSR count). The molecular formula is C21H20ClF2N3O2S. The van der Waals surface area contributed by atoms with Crippen LogP contribution < -0.4 is 10.0 Å². The molecule has 0 saturated heterocycles. The van der Waals surface area contributed by atoms with E-state index < -0.39 is 26.6 Å². The highest BCUT2D eigenvalue weighted by Gasteiger charge is 2.27. The molecule has 1 heterocycles. The van der Waals surface area contributed by atoms with E-state index in [1.807, 2.05) is 24.3 Å². The molecule has 1 aliphatic carbocycles. The Hall–Kier alpha value is -2.29. The summed E-state index contributed by atoms with van der Waals surface area (Å²) in [5.41, 5.74) is 1.75. The maximum atomic E-state index is 13.9. The molecule has 0 atom stereocenters. The molecule has 1 aromatic heterocycles. The van der Waals surface area contributed by atoms with Crippen LogP contribution in [0.3, 0.4) is 0 Å². The normalized spacial score (nSPS) is 19.7. The number of sulfonamides is 1. The van der Waals surface area contributed by atoms with Gasteiger partial charge in [-0.1, -0.05) is 11.6 Å². The SMILES string of the molecule is O=S(=O)(NC1CCC(Nc2ccnc3cc(Cl)ccc23)CC1)c1ccc(F)cc1F. The van der Waals surface area contributed by atoms with Crippen molar-refractivity contribution in [1.82, 2.24) is 9.71 Å². The summed E-state index contributed by atoms with van der Waals surface area (Å²) in [7, 11) is -4.05. The summed E-state index contributed by atoms with van der Waals surface area (Å²) in [5.74, 6) is -1.91. The molecule has 0 bridgehead atoms. The molecule has 2 aromatic carbocycles. The maximum absolute atomic E-state index is 13.9. The van der Waals surface area contributed by atoms with Crippen molar-refractivity contribution in [2.75, 3.05) is 5.32 Å². The Balaban J connectivity index is 1.40. The van der Waals surface area contributed by atoms with Crippen LogP contribution in [0.25, 0.3) is 10.9 Å². The van der Waals surface area contributed by atoms with Crippen molar-refractivity contribution in [2.45, 2.75) is 42.7 Å².